The lowest BCUT2D eigenvalue weighted by atomic mass is 10.3. The minimum atomic E-state index is -0.927. The van der Waals surface area contributed by atoms with E-state index in [1.54, 1.807) is 0 Å². The SMILES string of the molecule is COCOc1ccc([N+](=O)[O-])c(F)c1. The van der Waals surface area contributed by atoms with Crippen LogP contribution in [0.3, 0.4) is 0 Å². The van der Waals surface area contributed by atoms with Gasteiger partial charge in [-0.2, -0.15) is 4.39 Å². The fourth-order valence-corrected chi connectivity index (χ4v) is 0.852. The Kier molecular flexibility index (Phi) is 3.35. The molecule has 0 spiro atoms. The van der Waals surface area contributed by atoms with Crippen molar-refractivity contribution in [3.8, 4) is 5.75 Å². The van der Waals surface area contributed by atoms with Crippen molar-refractivity contribution in [2.45, 2.75) is 0 Å². The monoisotopic (exact) mass is 201 g/mol. The van der Waals surface area contributed by atoms with E-state index in [2.05, 4.69) is 4.74 Å². The molecule has 0 radical (unpaired) electrons. The van der Waals surface area contributed by atoms with Crippen LogP contribution in [-0.2, 0) is 4.74 Å². The first-order chi connectivity index (χ1) is 6.65. The third-order valence-corrected chi connectivity index (χ3v) is 1.46. The topological polar surface area (TPSA) is 61.6 Å². The van der Waals surface area contributed by atoms with Crippen molar-refractivity contribution >= 4 is 5.69 Å². The Balaban J connectivity index is 2.83. The number of benzene rings is 1. The highest BCUT2D eigenvalue weighted by Gasteiger charge is 2.13. The molecule has 0 bridgehead atoms. The van der Waals surface area contributed by atoms with Gasteiger partial charge in [0.15, 0.2) is 6.79 Å². The van der Waals surface area contributed by atoms with Crippen molar-refractivity contribution < 1.29 is 18.8 Å². The highest BCUT2D eigenvalue weighted by molar-refractivity contribution is 5.37. The van der Waals surface area contributed by atoms with E-state index in [1.165, 1.54) is 13.2 Å². The van der Waals surface area contributed by atoms with E-state index in [0.717, 1.165) is 12.1 Å². The van der Waals surface area contributed by atoms with Crippen LogP contribution in [0.2, 0.25) is 0 Å². The summed E-state index contributed by atoms with van der Waals surface area (Å²) in [5.74, 6) is -0.737. The normalized spacial score (nSPS) is 9.86. The van der Waals surface area contributed by atoms with Gasteiger partial charge in [-0.05, 0) is 6.07 Å². The number of nitrogens with zero attached hydrogens (tertiary/aromatic N) is 1. The Labute approximate surface area is 79.2 Å². The third kappa shape index (κ3) is 2.40. The van der Waals surface area contributed by atoms with Crippen LogP contribution in [0.1, 0.15) is 0 Å². The molecule has 5 nitrogen and oxygen atoms in total. The molecule has 0 atom stereocenters. The minimum absolute atomic E-state index is 0.0305. The van der Waals surface area contributed by atoms with E-state index < -0.39 is 16.4 Å². The second-order valence-electron chi connectivity index (χ2n) is 2.42. The first-order valence-electron chi connectivity index (χ1n) is 3.71. The molecular formula is C8H8FNO4. The Morgan fingerprint density at radius 1 is 1.57 bits per heavy atom. The molecule has 1 rings (SSSR count). The van der Waals surface area contributed by atoms with Gasteiger partial charge in [-0.3, -0.25) is 10.1 Å². The lowest BCUT2D eigenvalue weighted by Gasteiger charge is -2.03. The van der Waals surface area contributed by atoms with Crippen molar-refractivity contribution in [3.63, 3.8) is 0 Å². The lowest BCUT2D eigenvalue weighted by molar-refractivity contribution is -0.387. The van der Waals surface area contributed by atoms with Crippen LogP contribution < -0.4 is 4.74 Å². The van der Waals surface area contributed by atoms with Crippen molar-refractivity contribution in [2.75, 3.05) is 13.9 Å². The largest absolute Gasteiger partial charge is 0.467 e. The van der Waals surface area contributed by atoms with E-state index in [1.807, 2.05) is 0 Å². The van der Waals surface area contributed by atoms with Crippen LogP contribution in [0.25, 0.3) is 0 Å². The smallest absolute Gasteiger partial charge is 0.305 e. The average molecular weight is 201 g/mol. The van der Waals surface area contributed by atoms with Gasteiger partial charge in [-0.15, -0.1) is 0 Å². The van der Waals surface area contributed by atoms with Crippen LogP contribution in [0.15, 0.2) is 18.2 Å². The van der Waals surface area contributed by atoms with Gasteiger partial charge in [0.25, 0.3) is 0 Å². The summed E-state index contributed by atoms with van der Waals surface area (Å²) in [7, 11) is 1.42. The molecule has 0 aliphatic heterocycles. The first-order valence-corrected chi connectivity index (χ1v) is 3.71. The average Bonchev–Trinajstić information content (AvgIpc) is 2.14. The fourth-order valence-electron chi connectivity index (χ4n) is 0.852. The van der Waals surface area contributed by atoms with Gasteiger partial charge in [0.1, 0.15) is 5.75 Å². The summed E-state index contributed by atoms with van der Waals surface area (Å²) in [6.07, 6.45) is 0. The van der Waals surface area contributed by atoms with Gasteiger partial charge in [0, 0.05) is 19.2 Å². The molecule has 1 aromatic carbocycles. The number of ether oxygens (including phenoxy) is 2. The number of methoxy groups -OCH3 is 1. The standard InChI is InChI=1S/C8H8FNO4/c1-13-5-14-6-2-3-8(10(11)12)7(9)4-6/h2-4H,5H2,1H3. The quantitative estimate of drug-likeness (QED) is 0.422. The van der Waals surface area contributed by atoms with Crippen LogP contribution in [-0.4, -0.2) is 18.8 Å². The maximum atomic E-state index is 13.0. The summed E-state index contributed by atoms with van der Waals surface area (Å²) >= 11 is 0. The highest BCUT2D eigenvalue weighted by atomic mass is 19.1. The van der Waals surface area contributed by atoms with Gasteiger partial charge in [0.2, 0.25) is 5.82 Å². The second-order valence-corrected chi connectivity index (χ2v) is 2.42. The Morgan fingerprint density at radius 3 is 2.79 bits per heavy atom. The zero-order valence-electron chi connectivity index (χ0n) is 7.40. The molecule has 0 fully saturated rings. The number of nitro groups is 1. The van der Waals surface area contributed by atoms with Crippen LogP contribution in [0.5, 0.6) is 5.75 Å². The minimum Gasteiger partial charge on any atom is -0.467 e. The first kappa shape index (κ1) is 10.4. The van der Waals surface area contributed by atoms with E-state index in [4.69, 9.17) is 4.74 Å². The number of halogens is 1. The molecule has 1 aromatic rings. The molecule has 6 heteroatoms. The zero-order chi connectivity index (χ0) is 10.6. The van der Waals surface area contributed by atoms with Crippen LogP contribution in [0.4, 0.5) is 10.1 Å². The Hall–Kier alpha value is -1.69. The fraction of sp³-hybridized carbons (Fsp3) is 0.250. The third-order valence-electron chi connectivity index (χ3n) is 1.46. The summed E-state index contributed by atoms with van der Waals surface area (Å²) in [6.45, 7) is -0.0305. The van der Waals surface area contributed by atoms with E-state index in [0.29, 0.717) is 0 Å². The molecule has 0 heterocycles. The molecule has 76 valence electrons. The molecule has 0 aliphatic rings. The molecule has 0 amide bonds. The predicted octanol–water partition coefficient (Wildman–Crippen LogP) is 1.72. The number of nitro benzene ring substituents is 1. The van der Waals surface area contributed by atoms with Crippen LogP contribution in [0, 0.1) is 15.9 Å². The zero-order valence-corrected chi connectivity index (χ0v) is 7.40. The summed E-state index contributed by atoms with van der Waals surface area (Å²) in [6, 6.07) is 3.29. The second kappa shape index (κ2) is 4.52. The van der Waals surface area contributed by atoms with Gasteiger partial charge < -0.3 is 9.47 Å². The molecule has 0 saturated heterocycles. The maximum Gasteiger partial charge on any atom is 0.305 e. The van der Waals surface area contributed by atoms with Crippen molar-refractivity contribution in [3.05, 3.63) is 34.1 Å². The molecule has 0 aromatic heterocycles. The van der Waals surface area contributed by atoms with Crippen LogP contribution >= 0.6 is 0 Å². The van der Waals surface area contributed by atoms with Crippen molar-refractivity contribution in [2.24, 2.45) is 0 Å². The molecule has 0 saturated carbocycles. The van der Waals surface area contributed by atoms with Gasteiger partial charge in [0.05, 0.1) is 4.92 Å². The van der Waals surface area contributed by atoms with Crippen molar-refractivity contribution in [1.82, 2.24) is 0 Å². The van der Waals surface area contributed by atoms with E-state index >= 15 is 0 Å². The summed E-state index contributed by atoms with van der Waals surface area (Å²) in [4.78, 5) is 9.45. The predicted molar refractivity (Wildman–Crippen MR) is 45.6 cm³/mol. The molecule has 0 aliphatic carbocycles. The van der Waals surface area contributed by atoms with Crippen molar-refractivity contribution in [1.29, 1.82) is 0 Å². The van der Waals surface area contributed by atoms with E-state index in [9.17, 15) is 14.5 Å². The summed E-state index contributed by atoms with van der Waals surface area (Å²) in [5.41, 5.74) is -0.574. The highest BCUT2D eigenvalue weighted by Crippen LogP contribution is 2.22. The van der Waals surface area contributed by atoms with E-state index in [-0.39, 0.29) is 12.5 Å². The molecule has 0 N–H and O–H groups in total. The molecular weight excluding hydrogens is 193 g/mol. The molecule has 14 heavy (non-hydrogen) atoms. The summed E-state index contributed by atoms with van der Waals surface area (Å²) < 4.78 is 22.4. The Bertz CT molecular complexity index is 342. The number of hydrogen-bond donors (Lipinski definition) is 0. The van der Waals surface area contributed by atoms with Gasteiger partial charge in [-0.1, -0.05) is 0 Å². The lowest BCUT2D eigenvalue weighted by Crippen LogP contribution is -2.00. The number of rotatable bonds is 4. The Morgan fingerprint density at radius 2 is 2.29 bits per heavy atom. The maximum absolute atomic E-state index is 13.0. The number of hydrogen-bond acceptors (Lipinski definition) is 4. The van der Waals surface area contributed by atoms with Gasteiger partial charge in [-0.25, -0.2) is 0 Å². The summed E-state index contributed by atoms with van der Waals surface area (Å²) in [5, 5.41) is 10.2. The van der Waals surface area contributed by atoms with Gasteiger partial charge >= 0.3 is 5.69 Å². The molecule has 0 unspecified atom stereocenters.